The minimum absolute atomic E-state index is 0.00170. The molecule has 0 aliphatic heterocycles. The van der Waals surface area contributed by atoms with Gasteiger partial charge in [-0.05, 0) is 38.8 Å². The van der Waals surface area contributed by atoms with Crippen LogP contribution >= 0.6 is 0 Å². The smallest absolute Gasteiger partial charge is 0.310 e. The van der Waals surface area contributed by atoms with Gasteiger partial charge in [-0.15, -0.1) is 0 Å². The van der Waals surface area contributed by atoms with Gasteiger partial charge in [0.05, 0.1) is 5.41 Å². The number of aryl methyl sites for hydroxylation is 1. The average Bonchev–Trinajstić information content (AvgIpc) is 2.41. The Morgan fingerprint density at radius 2 is 1.76 bits per heavy atom. The van der Waals surface area contributed by atoms with Gasteiger partial charge in [0.1, 0.15) is 0 Å². The molecule has 4 heteroatoms. The van der Waals surface area contributed by atoms with Crippen molar-refractivity contribution in [2.45, 2.75) is 41.0 Å². The fourth-order valence-corrected chi connectivity index (χ4v) is 2.16. The molecule has 0 aliphatic carbocycles. The SMILES string of the molecule is CCN(C(=O)CC(C)(C(=O)O)C(C)C)c1ccc(C)cc1. The molecule has 4 nitrogen and oxygen atoms in total. The van der Waals surface area contributed by atoms with E-state index in [-0.39, 0.29) is 18.2 Å². The lowest BCUT2D eigenvalue weighted by atomic mass is 9.76. The van der Waals surface area contributed by atoms with Crippen LogP contribution in [0.15, 0.2) is 24.3 Å². The summed E-state index contributed by atoms with van der Waals surface area (Å²) in [5.41, 5.74) is 0.888. The Morgan fingerprint density at radius 1 is 1.24 bits per heavy atom. The maximum absolute atomic E-state index is 12.5. The van der Waals surface area contributed by atoms with Gasteiger partial charge in [0.2, 0.25) is 5.91 Å². The van der Waals surface area contributed by atoms with Gasteiger partial charge in [0, 0.05) is 18.7 Å². The van der Waals surface area contributed by atoms with Crippen LogP contribution in [-0.2, 0) is 9.59 Å². The first-order chi connectivity index (χ1) is 9.72. The van der Waals surface area contributed by atoms with Crippen LogP contribution in [0.4, 0.5) is 5.69 Å². The Labute approximate surface area is 126 Å². The fraction of sp³-hybridized carbons (Fsp3) is 0.529. The summed E-state index contributed by atoms with van der Waals surface area (Å²) < 4.78 is 0. The minimum atomic E-state index is -1.05. The number of hydrogen-bond acceptors (Lipinski definition) is 2. The Balaban J connectivity index is 2.99. The number of carboxylic acids is 1. The average molecular weight is 291 g/mol. The summed E-state index contributed by atoms with van der Waals surface area (Å²) in [4.78, 5) is 25.7. The van der Waals surface area contributed by atoms with Crippen molar-refractivity contribution in [2.75, 3.05) is 11.4 Å². The molecule has 0 aliphatic rings. The van der Waals surface area contributed by atoms with Crippen LogP contribution in [0.2, 0.25) is 0 Å². The minimum Gasteiger partial charge on any atom is -0.481 e. The third-order valence-corrected chi connectivity index (χ3v) is 4.24. The molecule has 1 amide bonds. The molecule has 0 radical (unpaired) electrons. The van der Waals surface area contributed by atoms with Gasteiger partial charge in [-0.1, -0.05) is 31.5 Å². The number of benzene rings is 1. The summed E-state index contributed by atoms with van der Waals surface area (Å²) in [7, 11) is 0. The van der Waals surface area contributed by atoms with Crippen LogP contribution in [0, 0.1) is 18.3 Å². The predicted molar refractivity (Wildman–Crippen MR) is 84.4 cm³/mol. The van der Waals surface area contributed by atoms with Crippen molar-refractivity contribution in [3.05, 3.63) is 29.8 Å². The second-order valence-corrected chi connectivity index (χ2v) is 6.03. The van der Waals surface area contributed by atoms with Gasteiger partial charge in [-0.2, -0.15) is 0 Å². The molecule has 0 fully saturated rings. The number of carboxylic acid groups (broad SMARTS) is 1. The molecule has 1 rings (SSSR count). The lowest BCUT2D eigenvalue weighted by Crippen LogP contribution is -2.41. The molecule has 1 unspecified atom stereocenters. The van der Waals surface area contributed by atoms with E-state index in [1.165, 1.54) is 0 Å². The van der Waals surface area contributed by atoms with Crippen molar-refractivity contribution in [3.8, 4) is 0 Å². The molecular formula is C17H25NO3. The zero-order valence-electron chi connectivity index (χ0n) is 13.5. The van der Waals surface area contributed by atoms with Crippen molar-refractivity contribution >= 4 is 17.6 Å². The zero-order valence-corrected chi connectivity index (χ0v) is 13.5. The Bertz CT molecular complexity index is 507. The maximum Gasteiger partial charge on any atom is 0.310 e. The molecule has 1 N–H and O–H groups in total. The standard InChI is InChI=1S/C17H25NO3/c1-6-18(14-9-7-13(4)8-10-14)15(19)11-17(5,12(2)3)16(20)21/h7-10,12H,6,11H2,1-5H3,(H,20,21). The summed E-state index contributed by atoms with van der Waals surface area (Å²) in [6.07, 6.45) is 0.00170. The molecule has 0 heterocycles. The molecular weight excluding hydrogens is 266 g/mol. The molecule has 0 saturated heterocycles. The molecule has 21 heavy (non-hydrogen) atoms. The quantitative estimate of drug-likeness (QED) is 0.873. The topological polar surface area (TPSA) is 57.6 Å². The lowest BCUT2D eigenvalue weighted by Gasteiger charge is -2.31. The number of rotatable bonds is 6. The lowest BCUT2D eigenvalue weighted by molar-refractivity contribution is -0.153. The summed E-state index contributed by atoms with van der Waals surface area (Å²) in [5, 5.41) is 9.44. The Morgan fingerprint density at radius 3 is 2.14 bits per heavy atom. The van der Waals surface area contributed by atoms with Crippen LogP contribution in [0.5, 0.6) is 0 Å². The van der Waals surface area contributed by atoms with E-state index in [2.05, 4.69) is 0 Å². The van der Waals surface area contributed by atoms with E-state index in [9.17, 15) is 14.7 Å². The first kappa shape index (κ1) is 17.2. The Hall–Kier alpha value is -1.84. The third kappa shape index (κ3) is 3.84. The zero-order chi connectivity index (χ0) is 16.2. The highest BCUT2D eigenvalue weighted by Gasteiger charge is 2.39. The molecule has 1 aromatic rings. The normalized spacial score (nSPS) is 13.8. The van der Waals surface area contributed by atoms with Crippen molar-refractivity contribution in [1.29, 1.82) is 0 Å². The number of carbonyl (C=O) groups excluding carboxylic acids is 1. The second-order valence-electron chi connectivity index (χ2n) is 6.03. The summed E-state index contributed by atoms with van der Waals surface area (Å²) in [6.45, 7) is 9.72. The van der Waals surface area contributed by atoms with Gasteiger partial charge in [-0.25, -0.2) is 0 Å². The first-order valence-corrected chi connectivity index (χ1v) is 7.32. The fourth-order valence-electron chi connectivity index (χ4n) is 2.16. The largest absolute Gasteiger partial charge is 0.481 e. The number of carbonyl (C=O) groups is 2. The van der Waals surface area contributed by atoms with Gasteiger partial charge in [0.15, 0.2) is 0 Å². The van der Waals surface area contributed by atoms with E-state index in [0.717, 1.165) is 11.3 Å². The van der Waals surface area contributed by atoms with Crippen molar-refractivity contribution < 1.29 is 14.7 Å². The molecule has 116 valence electrons. The number of hydrogen-bond donors (Lipinski definition) is 1. The van der Waals surface area contributed by atoms with Crippen LogP contribution in [0.1, 0.15) is 39.7 Å². The van der Waals surface area contributed by atoms with E-state index in [1.807, 2.05) is 52.0 Å². The van der Waals surface area contributed by atoms with E-state index in [1.54, 1.807) is 11.8 Å². The third-order valence-electron chi connectivity index (χ3n) is 4.24. The number of amides is 1. The van der Waals surface area contributed by atoms with Gasteiger partial charge in [0.25, 0.3) is 0 Å². The summed E-state index contributed by atoms with van der Waals surface area (Å²) in [5.74, 6) is -1.19. The van der Waals surface area contributed by atoms with Gasteiger partial charge < -0.3 is 10.0 Å². The molecule has 0 aromatic heterocycles. The molecule has 0 bridgehead atoms. The van der Waals surface area contributed by atoms with Gasteiger partial charge in [-0.3, -0.25) is 9.59 Å². The number of aliphatic carboxylic acids is 1. The van der Waals surface area contributed by atoms with E-state index < -0.39 is 11.4 Å². The molecule has 1 atom stereocenters. The van der Waals surface area contributed by atoms with Crippen molar-refractivity contribution in [2.24, 2.45) is 11.3 Å². The number of anilines is 1. The summed E-state index contributed by atoms with van der Waals surface area (Å²) >= 11 is 0. The monoisotopic (exact) mass is 291 g/mol. The predicted octanol–water partition coefficient (Wildman–Crippen LogP) is 3.48. The van der Waals surface area contributed by atoms with E-state index in [0.29, 0.717) is 6.54 Å². The maximum atomic E-state index is 12.5. The van der Waals surface area contributed by atoms with Crippen LogP contribution in [-0.4, -0.2) is 23.5 Å². The van der Waals surface area contributed by atoms with Crippen LogP contribution < -0.4 is 4.90 Å². The van der Waals surface area contributed by atoms with Crippen molar-refractivity contribution in [3.63, 3.8) is 0 Å². The molecule has 0 spiro atoms. The highest BCUT2D eigenvalue weighted by Crippen LogP contribution is 2.32. The highest BCUT2D eigenvalue weighted by atomic mass is 16.4. The van der Waals surface area contributed by atoms with Crippen LogP contribution in [0.3, 0.4) is 0 Å². The van der Waals surface area contributed by atoms with E-state index >= 15 is 0 Å². The second kappa shape index (κ2) is 6.74. The first-order valence-electron chi connectivity index (χ1n) is 7.32. The van der Waals surface area contributed by atoms with E-state index in [4.69, 9.17) is 0 Å². The highest BCUT2D eigenvalue weighted by molar-refractivity contribution is 5.96. The Kier molecular flexibility index (Phi) is 5.53. The molecule has 0 saturated carbocycles. The number of nitrogens with zero attached hydrogens (tertiary/aromatic N) is 1. The van der Waals surface area contributed by atoms with Crippen LogP contribution in [0.25, 0.3) is 0 Å². The summed E-state index contributed by atoms with van der Waals surface area (Å²) in [6, 6.07) is 7.68. The van der Waals surface area contributed by atoms with Crippen molar-refractivity contribution in [1.82, 2.24) is 0 Å². The molecule has 1 aromatic carbocycles. The van der Waals surface area contributed by atoms with Gasteiger partial charge >= 0.3 is 5.97 Å².